The van der Waals surface area contributed by atoms with Gasteiger partial charge in [0.1, 0.15) is 0 Å². The second-order valence-electron chi connectivity index (χ2n) is 7.72. The van der Waals surface area contributed by atoms with Crippen LogP contribution in [0.5, 0.6) is 0 Å². The summed E-state index contributed by atoms with van der Waals surface area (Å²) in [4.78, 5) is 49.0. The summed E-state index contributed by atoms with van der Waals surface area (Å²) in [5, 5.41) is 13.3. The molecule has 0 saturated carbocycles. The number of hydrogen-bond donors (Lipinski definition) is 1. The van der Waals surface area contributed by atoms with Crippen molar-refractivity contribution in [2.75, 3.05) is 18.4 Å². The molecule has 3 rings (SSSR count). The molecule has 1 aliphatic heterocycles. The molecule has 1 saturated heterocycles. The molecule has 9 nitrogen and oxygen atoms in total. The van der Waals surface area contributed by atoms with Crippen molar-refractivity contribution in [2.24, 2.45) is 5.92 Å². The van der Waals surface area contributed by atoms with Crippen molar-refractivity contribution in [1.29, 1.82) is 0 Å². The summed E-state index contributed by atoms with van der Waals surface area (Å²) in [5.41, 5.74) is 1.21. The number of amides is 2. The van der Waals surface area contributed by atoms with E-state index in [4.69, 9.17) is 4.74 Å². The van der Waals surface area contributed by atoms with Crippen LogP contribution < -0.4 is 5.32 Å². The zero-order valence-corrected chi connectivity index (χ0v) is 18.2. The van der Waals surface area contributed by atoms with Crippen molar-refractivity contribution in [3.8, 4) is 0 Å². The number of likely N-dealkylation sites (tertiary alicyclic amines) is 1. The van der Waals surface area contributed by atoms with E-state index < -0.39 is 22.9 Å². The maximum Gasteiger partial charge on any atom is 0.309 e. The van der Waals surface area contributed by atoms with Crippen molar-refractivity contribution < 1.29 is 24.0 Å². The quantitative estimate of drug-likeness (QED) is 0.298. The maximum absolute atomic E-state index is 12.5. The van der Waals surface area contributed by atoms with Crippen LogP contribution in [0.25, 0.3) is 6.08 Å². The molecule has 33 heavy (non-hydrogen) atoms. The van der Waals surface area contributed by atoms with E-state index in [-0.39, 0.29) is 17.5 Å². The molecular weight excluding hydrogens is 426 g/mol. The lowest BCUT2D eigenvalue weighted by molar-refractivity contribution is -0.384. The van der Waals surface area contributed by atoms with Gasteiger partial charge in [-0.3, -0.25) is 24.5 Å². The standard InChI is InChI=1S/C24H25N3O6/c1-17(23(29)25-20-8-10-21(11-9-20)27(31)32)33-24(30)19-13-15-26(16-14-19)22(28)12-7-18-5-3-2-4-6-18/h2-12,17,19H,13-16H2,1H3,(H,25,29)/b12-7+. The lowest BCUT2D eigenvalue weighted by Crippen LogP contribution is -2.41. The fourth-order valence-corrected chi connectivity index (χ4v) is 3.41. The molecule has 1 N–H and O–H groups in total. The third-order valence-corrected chi connectivity index (χ3v) is 5.37. The van der Waals surface area contributed by atoms with E-state index in [1.165, 1.54) is 37.3 Å². The molecule has 2 amide bonds. The fraction of sp³-hybridized carbons (Fsp3) is 0.292. The zero-order valence-electron chi connectivity index (χ0n) is 18.2. The van der Waals surface area contributed by atoms with Crippen molar-refractivity contribution >= 4 is 35.2 Å². The summed E-state index contributed by atoms with van der Waals surface area (Å²) in [5.74, 6) is -1.51. The van der Waals surface area contributed by atoms with E-state index in [0.717, 1.165) is 5.56 Å². The number of esters is 1. The number of nitrogens with one attached hydrogen (secondary N) is 1. The Bertz CT molecular complexity index is 1030. The highest BCUT2D eigenvalue weighted by Crippen LogP contribution is 2.21. The summed E-state index contributed by atoms with van der Waals surface area (Å²) >= 11 is 0. The predicted octanol–water partition coefficient (Wildman–Crippen LogP) is 3.42. The van der Waals surface area contributed by atoms with Crippen molar-refractivity contribution in [1.82, 2.24) is 4.90 Å². The molecule has 0 bridgehead atoms. The molecule has 1 aliphatic rings. The number of nitro groups is 1. The lowest BCUT2D eigenvalue weighted by Gasteiger charge is -2.30. The highest BCUT2D eigenvalue weighted by Gasteiger charge is 2.30. The molecule has 0 aliphatic carbocycles. The number of non-ortho nitro benzene ring substituents is 1. The highest BCUT2D eigenvalue weighted by molar-refractivity contribution is 5.95. The van der Waals surface area contributed by atoms with Gasteiger partial charge in [-0.2, -0.15) is 0 Å². The van der Waals surface area contributed by atoms with Crippen molar-refractivity contribution in [2.45, 2.75) is 25.9 Å². The molecule has 2 aromatic rings. The third-order valence-electron chi connectivity index (χ3n) is 5.37. The van der Waals surface area contributed by atoms with Crippen LogP contribution in [0.2, 0.25) is 0 Å². The highest BCUT2D eigenvalue weighted by atomic mass is 16.6. The molecule has 0 spiro atoms. The Morgan fingerprint density at radius 2 is 1.73 bits per heavy atom. The molecule has 1 atom stereocenters. The van der Waals surface area contributed by atoms with Crippen molar-refractivity contribution in [3.05, 3.63) is 76.4 Å². The Labute approximate surface area is 191 Å². The normalized spacial score (nSPS) is 15.1. The van der Waals surface area contributed by atoms with E-state index in [0.29, 0.717) is 31.6 Å². The first-order valence-corrected chi connectivity index (χ1v) is 10.6. The van der Waals surface area contributed by atoms with E-state index in [9.17, 15) is 24.5 Å². The summed E-state index contributed by atoms with van der Waals surface area (Å²) in [6.45, 7) is 2.33. The van der Waals surface area contributed by atoms with Gasteiger partial charge in [-0.15, -0.1) is 0 Å². The monoisotopic (exact) mass is 451 g/mol. The van der Waals surface area contributed by atoms with Gasteiger partial charge in [-0.1, -0.05) is 30.3 Å². The number of anilines is 1. The Hall–Kier alpha value is -4.01. The van der Waals surface area contributed by atoms with Crippen LogP contribution in [0.15, 0.2) is 60.7 Å². The molecular formula is C24H25N3O6. The first kappa shape index (κ1) is 23.6. The second-order valence-corrected chi connectivity index (χ2v) is 7.72. The van der Waals surface area contributed by atoms with Gasteiger partial charge in [0.05, 0.1) is 10.8 Å². The number of nitrogens with zero attached hydrogens (tertiary/aromatic N) is 2. The smallest absolute Gasteiger partial charge is 0.309 e. The number of carbonyl (C=O) groups is 3. The average molecular weight is 451 g/mol. The molecule has 172 valence electrons. The van der Waals surface area contributed by atoms with Gasteiger partial charge in [-0.25, -0.2) is 0 Å². The molecule has 1 unspecified atom stereocenters. The van der Waals surface area contributed by atoms with Crippen LogP contribution in [0, 0.1) is 16.0 Å². The minimum atomic E-state index is -1.03. The summed E-state index contributed by atoms with van der Waals surface area (Å²) in [6.07, 6.45) is 3.18. The molecule has 2 aromatic carbocycles. The number of piperidine rings is 1. The maximum atomic E-state index is 12.5. The lowest BCUT2D eigenvalue weighted by atomic mass is 9.97. The Morgan fingerprint density at radius 1 is 1.09 bits per heavy atom. The van der Waals surface area contributed by atoms with Gasteiger partial charge >= 0.3 is 5.97 Å². The largest absolute Gasteiger partial charge is 0.452 e. The van der Waals surface area contributed by atoms with Crippen LogP contribution in [0.4, 0.5) is 11.4 Å². The van der Waals surface area contributed by atoms with Gasteiger partial charge in [0.15, 0.2) is 6.10 Å². The summed E-state index contributed by atoms with van der Waals surface area (Å²) in [7, 11) is 0. The third kappa shape index (κ3) is 6.73. The zero-order chi connectivity index (χ0) is 23.8. The van der Waals surface area contributed by atoms with Crippen molar-refractivity contribution in [3.63, 3.8) is 0 Å². The van der Waals surface area contributed by atoms with Crippen LogP contribution in [0.3, 0.4) is 0 Å². The van der Waals surface area contributed by atoms with E-state index >= 15 is 0 Å². The van der Waals surface area contributed by atoms with Gasteiger partial charge in [0.25, 0.3) is 11.6 Å². The van der Waals surface area contributed by atoms with Gasteiger partial charge in [0, 0.05) is 37.0 Å². The first-order chi connectivity index (χ1) is 15.8. The topological polar surface area (TPSA) is 119 Å². The predicted molar refractivity (Wildman–Crippen MR) is 122 cm³/mol. The number of ether oxygens (including phenoxy) is 1. The Balaban J connectivity index is 1.44. The summed E-state index contributed by atoms with van der Waals surface area (Å²) in [6, 6.07) is 14.9. The van der Waals surface area contributed by atoms with Crippen LogP contribution >= 0.6 is 0 Å². The SMILES string of the molecule is CC(OC(=O)C1CCN(C(=O)/C=C/c2ccccc2)CC1)C(=O)Nc1ccc([N+](=O)[O-])cc1. The van der Waals surface area contributed by atoms with E-state index in [1.807, 2.05) is 30.3 Å². The number of nitro benzene ring substituents is 1. The van der Waals surface area contributed by atoms with Gasteiger partial charge < -0.3 is 15.0 Å². The first-order valence-electron chi connectivity index (χ1n) is 10.6. The second kappa shape index (κ2) is 11.0. The number of carbonyl (C=O) groups excluding carboxylic acids is 3. The Morgan fingerprint density at radius 3 is 2.33 bits per heavy atom. The minimum Gasteiger partial charge on any atom is -0.452 e. The number of rotatable bonds is 7. The minimum absolute atomic E-state index is 0.0899. The van der Waals surface area contributed by atoms with Gasteiger partial charge in [0.2, 0.25) is 5.91 Å². The number of hydrogen-bond acceptors (Lipinski definition) is 6. The van der Waals surface area contributed by atoms with Crippen LogP contribution in [-0.2, 0) is 19.1 Å². The Kier molecular flexibility index (Phi) is 7.91. The molecule has 1 heterocycles. The van der Waals surface area contributed by atoms with Gasteiger partial charge in [-0.05, 0) is 43.5 Å². The van der Waals surface area contributed by atoms with Crippen LogP contribution in [0.1, 0.15) is 25.3 Å². The fourth-order valence-electron chi connectivity index (χ4n) is 3.41. The van der Waals surface area contributed by atoms with E-state index in [1.54, 1.807) is 11.0 Å². The average Bonchev–Trinajstić information content (AvgIpc) is 2.83. The number of benzene rings is 2. The molecule has 0 radical (unpaired) electrons. The summed E-state index contributed by atoms with van der Waals surface area (Å²) < 4.78 is 5.31. The van der Waals surface area contributed by atoms with Crippen LogP contribution in [-0.4, -0.2) is 46.8 Å². The molecule has 0 aromatic heterocycles. The van der Waals surface area contributed by atoms with E-state index in [2.05, 4.69) is 5.32 Å². The molecule has 1 fully saturated rings. The molecule has 9 heteroatoms.